The number of thioether (sulfide) groups is 1. The molecule has 0 unspecified atom stereocenters. The molecule has 1 aliphatic rings. The monoisotopic (exact) mass is 380 g/mol. The zero-order valence-corrected chi connectivity index (χ0v) is 15.7. The Morgan fingerprint density at radius 3 is 2.72 bits per heavy atom. The topological polar surface area (TPSA) is 78.9 Å². The lowest BCUT2D eigenvalue weighted by atomic mass is 10.1. The summed E-state index contributed by atoms with van der Waals surface area (Å²) in [6.45, 7) is 4.07. The molecule has 6 nitrogen and oxygen atoms in total. The van der Waals surface area contributed by atoms with E-state index in [1.807, 2.05) is 13.8 Å². The van der Waals surface area contributed by atoms with Crippen LogP contribution in [-0.2, 0) is 9.59 Å². The van der Waals surface area contributed by atoms with E-state index in [2.05, 4.69) is 0 Å². The summed E-state index contributed by atoms with van der Waals surface area (Å²) in [7, 11) is 1.45. The highest BCUT2D eigenvalue weighted by Gasteiger charge is 2.32. The average Bonchev–Trinajstić information content (AvgIpc) is 2.80. The first-order chi connectivity index (χ1) is 11.8. The van der Waals surface area contributed by atoms with Gasteiger partial charge in [0.15, 0.2) is 11.5 Å². The lowest BCUT2D eigenvalue weighted by molar-refractivity contribution is -0.307. The molecule has 1 aliphatic heterocycles. The van der Waals surface area contributed by atoms with Crippen LogP contribution in [0.25, 0.3) is 6.08 Å². The third-order valence-electron chi connectivity index (χ3n) is 3.25. The van der Waals surface area contributed by atoms with Crippen LogP contribution in [0.1, 0.15) is 19.4 Å². The van der Waals surface area contributed by atoms with Crippen LogP contribution < -0.4 is 14.6 Å². The van der Waals surface area contributed by atoms with Gasteiger partial charge in [-0.25, -0.2) is 0 Å². The number of carboxylic acids is 1. The van der Waals surface area contributed by atoms with E-state index < -0.39 is 12.6 Å². The lowest BCUT2D eigenvalue weighted by Crippen LogP contribution is -2.31. The average molecular weight is 380 g/mol. The molecule has 0 radical (unpaired) electrons. The van der Waals surface area contributed by atoms with E-state index in [4.69, 9.17) is 21.7 Å². The Morgan fingerprint density at radius 2 is 2.12 bits per heavy atom. The fourth-order valence-corrected chi connectivity index (χ4v) is 3.48. The second-order valence-corrected chi connectivity index (χ2v) is 7.43. The first kappa shape index (κ1) is 19.3. The van der Waals surface area contributed by atoms with Crippen molar-refractivity contribution in [2.24, 2.45) is 5.92 Å². The fraction of sp³-hybridized carbons (Fsp3) is 0.353. The van der Waals surface area contributed by atoms with Crippen molar-refractivity contribution < 1.29 is 24.2 Å². The van der Waals surface area contributed by atoms with Gasteiger partial charge in [-0.1, -0.05) is 43.9 Å². The van der Waals surface area contributed by atoms with Crippen molar-refractivity contribution >= 4 is 46.3 Å². The quantitative estimate of drug-likeness (QED) is 0.526. The Morgan fingerprint density at radius 1 is 1.40 bits per heavy atom. The van der Waals surface area contributed by atoms with Gasteiger partial charge >= 0.3 is 0 Å². The first-order valence-electron chi connectivity index (χ1n) is 7.58. The Balaban J connectivity index is 2.22. The van der Waals surface area contributed by atoms with E-state index in [0.717, 1.165) is 5.56 Å². The summed E-state index contributed by atoms with van der Waals surface area (Å²) < 4.78 is 10.9. The number of aliphatic carboxylic acids is 1. The van der Waals surface area contributed by atoms with Gasteiger partial charge in [0.1, 0.15) is 10.9 Å². The number of ether oxygens (including phenoxy) is 2. The van der Waals surface area contributed by atoms with Crippen molar-refractivity contribution in [3.05, 3.63) is 28.7 Å². The summed E-state index contributed by atoms with van der Waals surface area (Å²) in [6.07, 6.45) is 1.73. The van der Waals surface area contributed by atoms with Gasteiger partial charge in [0.25, 0.3) is 5.91 Å². The Hall–Kier alpha value is -2.06. The molecule has 1 aromatic rings. The summed E-state index contributed by atoms with van der Waals surface area (Å²) in [5.41, 5.74) is 0.725. The van der Waals surface area contributed by atoms with Gasteiger partial charge in [-0.15, -0.1) is 0 Å². The van der Waals surface area contributed by atoms with E-state index in [0.29, 0.717) is 27.4 Å². The number of amides is 1. The smallest absolute Gasteiger partial charge is 0.266 e. The van der Waals surface area contributed by atoms with Crippen molar-refractivity contribution in [2.75, 3.05) is 20.3 Å². The van der Waals surface area contributed by atoms with E-state index in [-0.39, 0.29) is 11.7 Å². The minimum Gasteiger partial charge on any atom is -0.546 e. The summed E-state index contributed by atoms with van der Waals surface area (Å²) in [4.78, 5) is 25.1. The number of methoxy groups -OCH3 is 1. The van der Waals surface area contributed by atoms with E-state index in [1.54, 1.807) is 29.2 Å². The predicted octanol–water partition coefficient (Wildman–Crippen LogP) is 1.68. The van der Waals surface area contributed by atoms with E-state index >= 15 is 0 Å². The maximum absolute atomic E-state index is 12.5. The zero-order valence-electron chi connectivity index (χ0n) is 14.1. The maximum Gasteiger partial charge on any atom is 0.266 e. The minimum atomic E-state index is -1.32. The molecule has 134 valence electrons. The van der Waals surface area contributed by atoms with Crippen molar-refractivity contribution in [1.82, 2.24) is 4.90 Å². The number of rotatable bonds is 7. The third kappa shape index (κ3) is 4.96. The number of thiocarbonyl (C=S) groups is 1. The van der Waals surface area contributed by atoms with Crippen molar-refractivity contribution in [1.29, 1.82) is 0 Å². The SMILES string of the molecule is COc1cc(/C=C2\SC(=S)N(CC(C)C)C2=O)ccc1OCC(=O)[O-]. The van der Waals surface area contributed by atoms with Crippen molar-refractivity contribution in [3.8, 4) is 11.5 Å². The second kappa shape index (κ2) is 8.35. The molecular formula is C17H18NO5S2-. The van der Waals surface area contributed by atoms with E-state index in [9.17, 15) is 14.7 Å². The molecule has 0 spiro atoms. The number of carbonyl (C=O) groups excluding carboxylic acids is 2. The fourth-order valence-electron chi connectivity index (χ4n) is 2.20. The number of hydrogen-bond acceptors (Lipinski definition) is 7. The standard InChI is InChI=1S/C17H19NO5S2/c1-10(2)8-18-16(21)14(25-17(18)24)7-11-4-5-12(13(6-11)22-3)23-9-15(19)20/h4-7,10H,8-9H2,1-3H3,(H,19,20)/p-1/b14-7-. The normalized spacial score (nSPS) is 16.0. The highest BCUT2D eigenvalue weighted by molar-refractivity contribution is 8.26. The molecule has 0 atom stereocenters. The summed E-state index contributed by atoms with van der Waals surface area (Å²) >= 11 is 6.54. The maximum atomic E-state index is 12.5. The van der Waals surface area contributed by atoms with Crippen LogP contribution in [0.3, 0.4) is 0 Å². The molecule has 0 N–H and O–H groups in total. The van der Waals surface area contributed by atoms with Crippen molar-refractivity contribution in [2.45, 2.75) is 13.8 Å². The molecule has 1 fully saturated rings. The highest BCUT2D eigenvalue weighted by Crippen LogP contribution is 2.35. The largest absolute Gasteiger partial charge is 0.546 e. The molecule has 0 aromatic heterocycles. The Bertz CT molecular complexity index is 730. The number of benzene rings is 1. The molecule has 1 aromatic carbocycles. The Labute approximate surface area is 155 Å². The highest BCUT2D eigenvalue weighted by atomic mass is 32.2. The molecule has 1 saturated heterocycles. The molecule has 25 heavy (non-hydrogen) atoms. The molecule has 1 amide bonds. The lowest BCUT2D eigenvalue weighted by Gasteiger charge is -2.16. The number of carboxylic acid groups (broad SMARTS) is 1. The predicted molar refractivity (Wildman–Crippen MR) is 98.2 cm³/mol. The summed E-state index contributed by atoms with van der Waals surface area (Å²) in [5, 5.41) is 10.5. The number of hydrogen-bond donors (Lipinski definition) is 0. The zero-order chi connectivity index (χ0) is 18.6. The molecule has 1 heterocycles. The molecular weight excluding hydrogens is 362 g/mol. The summed E-state index contributed by atoms with van der Waals surface area (Å²) in [6, 6.07) is 4.96. The van der Waals surface area contributed by atoms with Gasteiger partial charge in [0.2, 0.25) is 0 Å². The van der Waals surface area contributed by atoms with Gasteiger partial charge in [-0.2, -0.15) is 0 Å². The number of carbonyl (C=O) groups is 2. The molecule has 8 heteroatoms. The van der Waals surface area contributed by atoms with Crippen LogP contribution in [0.5, 0.6) is 11.5 Å². The van der Waals surface area contributed by atoms with Gasteiger partial charge < -0.3 is 19.4 Å². The summed E-state index contributed by atoms with van der Waals surface area (Å²) in [5.74, 6) is -0.453. The van der Waals surface area contributed by atoms with Gasteiger partial charge in [-0.3, -0.25) is 9.69 Å². The number of nitrogens with zero attached hydrogens (tertiary/aromatic N) is 1. The van der Waals surface area contributed by atoms with Crippen LogP contribution in [0.15, 0.2) is 23.1 Å². The van der Waals surface area contributed by atoms with Crippen molar-refractivity contribution in [3.63, 3.8) is 0 Å². The van der Waals surface area contributed by atoms with Gasteiger partial charge in [-0.05, 0) is 29.7 Å². The van der Waals surface area contributed by atoms with Gasteiger partial charge in [0, 0.05) is 6.54 Å². The molecule has 2 rings (SSSR count). The molecule has 0 aliphatic carbocycles. The first-order valence-corrected chi connectivity index (χ1v) is 8.80. The molecule has 0 bridgehead atoms. The van der Waals surface area contributed by atoms with Crippen LogP contribution in [0.4, 0.5) is 0 Å². The third-order valence-corrected chi connectivity index (χ3v) is 4.63. The molecule has 0 saturated carbocycles. The van der Waals surface area contributed by atoms with Crippen LogP contribution in [-0.4, -0.2) is 41.4 Å². The van der Waals surface area contributed by atoms with Crippen LogP contribution in [0.2, 0.25) is 0 Å². The van der Waals surface area contributed by atoms with Gasteiger partial charge in [0.05, 0.1) is 18.0 Å². The second-order valence-electron chi connectivity index (χ2n) is 5.76. The van der Waals surface area contributed by atoms with Crippen LogP contribution >= 0.6 is 24.0 Å². The van der Waals surface area contributed by atoms with Crippen LogP contribution in [0, 0.1) is 5.92 Å². The van der Waals surface area contributed by atoms with E-state index in [1.165, 1.54) is 18.9 Å². The Kier molecular flexibility index (Phi) is 6.44. The minimum absolute atomic E-state index is 0.111.